The Kier molecular flexibility index (Phi) is 4.11. The number of carboxylic acids is 2. The molecule has 6 aromatic carbocycles. The van der Waals surface area contributed by atoms with Gasteiger partial charge in [-0.2, -0.15) is 0 Å². The van der Waals surface area contributed by atoms with Crippen LogP contribution in [0.25, 0.3) is 55.6 Å². The lowest BCUT2D eigenvalue weighted by Crippen LogP contribution is -2.06. The van der Waals surface area contributed by atoms with E-state index in [-0.39, 0.29) is 11.1 Å². The molecule has 162 valence electrons. The van der Waals surface area contributed by atoms with Crippen molar-refractivity contribution in [1.29, 1.82) is 1.43 Å². The van der Waals surface area contributed by atoms with Crippen LogP contribution in [0, 0.1) is 0 Å². The monoisotopic (exact) mass is 443 g/mol. The van der Waals surface area contributed by atoms with Gasteiger partial charge in [-0.05, 0) is 79.5 Å². The van der Waals surface area contributed by atoms with Crippen LogP contribution in [0.4, 0.5) is 0 Å². The first-order valence-electron chi connectivity index (χ1n) is 11.3. The molecule has 0 amide bonds. The summed E-state index contributed by atoms with van der Waals surface area (Å²) >= 11 is 0. The molecule has 0 radical (unpaired) electrons. The van der Waals surface area contributed by atoms with Crippen molar-refractivity contribution in [2.75, 3.05) is 0 Å². The maximum Gasteiger partial charge on any atom is 0.336 e. The fraction of sp³-hybridized carbons (Fsp3) is 0. The van der Waals surface area contributed by atoms with Crippen LogP contribution in [0.3, 0.4) is 0 Å². The van der Waals surface area contributed by atoms with Crippen LogP contribution >= 0.6 is 0 Å². The second-order valence-electron chi connectivity index (χ2n) is 8.41. The quantitative estimate of drug-likeness (QED) is 0.280. The number of aromatic carboxylic acids is 2. The van der Waals surface area contributed by atoms with Crippen molar-refractivity contribution in [2.45, 2.75) is 0 Å². The van der Waals surface area contributed by atoms with Gasteiger partial charge >= 0.3 is 11.9 Å². The first-order valence-corrected chi connectivity index (χ1v) is 10.9. The minimum absolute atomic E-state index is 0.0764. The van der Waals surface area contributed by atoms with Crippen LogP contribution in [-0.4, -0.2) is 22.2 Å². The second-order valence-corrected chi connectivity index (χ2v) is 8.41. The molecule has 34 heavy (non-hydrogen) atoms. The summed E-state index contributed by atoms with van der Waals surface area (Å²) in [6.45, 7) is 0. The average Bonchev–Trinajstić information content (AvgIpc) is 2.89. The molecule has 0 aromatic heterocycles. The zero-order valence-corrected chi connectivity index (χ0v) is 17.9. The molecule has 0 atom stereocenters. The molecule has 0 saturated carbocycles. The third-order valence-electron chi connectivity index (χ3n) is 6.47. The number of hydrogen-bond donors (Lipinski definition) is 2. The van der Waals surface area contributed by atoms with Crippen LogP contribution in [0.15, 0.2) is 97.1 Å². The van der Waals surface area contributed by atoms with Gasteiger partial charge < -0.3 is 10.2 Å². The van der Waals surface area contributed by atoms with Gasteiger partial charge in [-0.25, -0.2) is 9.59 Å². The highest BCUT2D eigenvalue weighted by atomic mass is 16.4. The number of carbonyl (C=O) groups is 2. The van der Waals surface area contributed by atoms with E-state index in [1.807, 2.05) is 72.8 Å². The summed E-state index contributed by atoms with van der Waals surface area (Å²) < 4.78 is 7.29. The van der Waals surface area contributed by atoms with E-state index in [1.54, 1.807) is 24.3 Å². The minimum Gasteiger partial charge on any atom is -0.478 e. The van der Waals surface area contributed by atoms with Gasteiger partial charge in [-0.15, -0.1) is 0 Å². The molecule has 0 spiro atoms. The van der Waals surface area contributed by atoms with Gasteiger partial charge in [0.1, 0.15) is 0 Å². The molecule has 0 saturated heterocycles. The van der Waals surface area contributed by atoms with Crippen molar-refractivity contribution in [3.05, 3.63) is 108 Å². The summed E-state index contributed by atoms with van der Waals surface area (Å²) in [4.78, 5) is 25.2. The van der Waals surface area contributed by atoms with Gasteiger partial charge in [0.2, 0.25) is 0 Å². The van der Waals surface area contributed by atoms with E-state index in [0.29, 0.717) is 16.5 Å². The molecule has 6 aromatic rings. The molecule has 4 heteroatoms. The van der Waals surface area contributed by atoms with Crippen LogP contribution < -0.4 is 0 Å². The number of benzene rings is 6. The van der Waals surface area contributed by atoms with Crippen molar-refractivity contribution in [3.8, 4) is 11.1 Å². The van der Waals surface area contributed by atoms with Crippen LogP contribution in [-0.2, 0) is 0 Å². The first-order chi connectivity index (χ1) is 17.0. The predicted molar refractivity (Wildman–Crippen MR) is 136 cm³/mol. The Morgan fingerprint density at radius 3 is 1.35 bits per heavy atom. The van der Waals surface area contributed by atoms with Crippen molar-refractivity contribution in [1.82, 2.24) is 0 Å². The van der Waals surface area contributed by atoms with Crippen LogP contribution in [0.1, 0.15) is 20.7 Å². The summed E-state index contributed by atoms with van der Waals surface area (Å²) in [5.41, 5.74) is 1.10. The third-order valence-corrected chi connectivity index (χ3v) is 6.47. The second kappa shape index (κ2) is 7.42. The van der Waals surface area contributed by atoms with Crippen molar-refractivity contribution in [3.63, 3.8) is 0 Å². The normalized spacial score (nSPS) is 11.7. The summed E-state index contributed by atoms with van der Waals surface area (Å²) in [6.07, 6.45) is 0. The number of rotatable bonds is 3. The summed E-state index contributed by atoms with van der Waals surface area (Å²) in [6, 6.07) is 30.5. The Morgan fingerprint density at radius 1 is 0.529 bits per heavy atom. The van der Waals surface area contributed by atoms with Gasteiger partial charge in [0.25, 0.3) is 1.43 Å². The average molecular weight is 443 g/mol. The Bertz CT molecular complexity index is 1840. The highest BCUT2D eigenvalue weighted by Gasteiger charge is 2.23. The molecule has 0 unspecified atom stereocenters. The summed E-state index contributed by atoms with van der Waals surface area (Å²) in [5, 5.41) is 21.7. The fourth-order valence-corrected chi connectivity index (χ4v) is 4.91. The lowest BCUT2D eigenvalue weighted by molar-refractivity contribution is 0.0684. The summed E-state index contributed by atoms with van der Waals surface area (Å²) in [7, 11) is 0. The molecule has 0 aliphatic rings. The predicted octanol–water partition coefficient (Wildman–Crippen LogP) is 7.36. The smallest absolute Gasteiger partial charge is 0.336 e. The van der Waals surface area contributed by atoms with Gasteiger partial charge in [0.05, 0.1) is 11.1 Å². The van der Waals surface area contributed by atoms with E-state index in [9.17, 15) is 14.7 Å². The molecular weight excluding hydrogens is 424 g/mol. The highest BCUT2D eigenvalue weighted by molar-refractivity contribution is 6.20. The largest absolute Gasteiger partial charge is 0.478 e. The van der Waals surface area contributed by atoms with Gasteiger partial charge in [-0.1, -0.05) is 60.7 Å². The van der Waals surface area contributed by atoms with E-state index in [4.69, 9.17) is 1.43 Å². The third kappa shape index (κ3) is 3.00. The number of fused-ring (bicyclic) bond motifs is 4. The highest BCUT2D eigenvalue weighted by Crippen LogP contribution is 2.41. The molecule has 0 aliphatic heterocycles. The lowest BCUT2D eigenvalue weighted by Gasteiger charge is -2.17. The first kappa shape index (κ1) is 18.8. The maximum absolute atomic E-state index is 12.8. The van der Waals surface area contributed by atoms with Crippen LogP contribution in [0.5, 0.6) is 0 Å². The maximum atomic E-state index is 12.8. The topological polar surface area (TPSA) is 74.6 Å². The van der Waals surface area contributed by atoms with Crippen LogP contribution in [0.2, 0.25) is 0 Å². The molecule has 4 nitrogen and oxygen atoms in total. The van der Waals surface area contributed by atoms with Gasteiger partial charge in [0.15, 0.2) is 0 Å². The molecule has 2 N–H and O–H groups in total. The standard InChI is InChI=1S/C30H18O4/c31-29(32)23-11-9-21-13-17-5-1-3-7-19(17)15-25(21)27(23)28-24(30(33)34)12-10-22-14-18-6-2-4-8-20(18)16-26(22)28/h1-16H,(H,31,32)(H,33,34)/i/hD. The zero-order valence-electron chi connectivity index (χ0n) is 18.9. The van der Waals surface area contributed by atoms with E-state index < -0.39 is 11.9 Å². The molecule has 0 bridgehead atoms. The Morgan fingerprint density at radius 2 is 0.941 bits per heavy atom. The lowest BCUT2D eigenvalue weighted by atomic mass is 9.85. The number of carboxylic acid groups (broad SMARTS) is 2. The van der Waals surface area contributed by atoms with Gasteiger partial charge in [-0.3, -0.25) is 0 Å². The van der Waals surface area contributed by atoms with E-state index >= 15 is 0 Å². The molecule has 6 rings (SSSR count). The van der Waals surface area contributed by atoms with E-state index in [2.05, 4.69) is 5.11 Å². The molecule has 0 heterocycles. The van der Waals surface area contributed by atoms with Gasteiger partial charge in [0, 0.05) is 11.1 Å². The zero-order chi connectivity index (χ0) is 24.1. The summed E-state index contributed by atoms with van der Waals surface area (Å²) in [5.74, 6) is -1.94. The molecular formula is C30H18O4. The number of hydrogen-bond acceptors (Lipinski definition) is 3. The molecule has 0 aliphatic carbocycles. The van der Waals surface area contributed by atoms with Crippen molar-refractivity contribution < 1.29 is 19.8 Å². The van der Waals surface area contributed by atoms with E-state index in [1.165, 1.54) is 0 Å². The molecule has 0 fully saturated rings. The fourth-order valence-electron chi connectivity index (χ4n) is 4.91. The van der Waals surface area contributed by atoms with Crippen molar-refractivity contribution >= 4 is 55.0 Å². The Hall–Kier alpha value is -4.70. The SMILES string of the molecule is [2H]OC(=O)c1ccc2cc3ccccc3cc2c1-c1c(C(=O)O)ccc2cc3ccccc3cc12. The Labute approximate surface area is 195 Å². The Balaban J connectivity index is 1.85. The van der Waals surface area contributed by atoms with Crippen molar-refractivity contribution in [2.24, 2.45) is 0 Å². The minimum atomic E-state index is -1.10. The van der Waals surface area contributed by atoms with E-state index in [0.717, 1.165) is 37.7 Å².